The summed E-state index contributed by atoms with van der Waals surface area (Å²) in [5.41, 5.74) is -0.310. The van der Waals surface area contributed by atoms with Crippen LogP contribution in [0.25, 0.3) is 0 Å². The molecule has 1 N–H and O–H groups in total. The van der Waals surface area contributed by atoms with Crippen molar-refractivity contribution in [2.75, 3.05) is 6.54 Å². The minimum atomic E-state index is -4.41. The van der Waals surface area contributed by atoms with Crippen LogP contribution >= 0.6 is 0 Å². The lowest BCUT2D eigenvalue weighted by molar-refractivity contribution is -0.137. The fourth-order valence-electron chi connectivity index (χ4n) is 3.73. The molecular formula is C19H23F3N2O2. The lowest BCUT2D eigenvalue weighted by Gasteiger charge is -2.24. The molecule has 3 rings (SSSR count). The minimum absolute atomic E-state index is 0.0932. The third-order valence-electron chi connectivity index (χ3n) is 5.16. The summed E-state index contributed by atoms with van der Waals surface area (Å²) in [7, 11) is 0. The van der Waals surface area contributed by atoms with Crippen LogP contribution < -0.4 is 5.32 Å². The molecule has 7 heteroatoms. The van der Waals surface area contributed by atoms with Gasteiger partial charge < -0.3 is 10.2 Å². The Balaban J connectivity index is 1.58. The second-order valence-corrected chi connectivity index (χ2v) is 7.22. The van der Waals surface area contributed by atoms with Crippen molar-refractivity contribution in [3.8, 4) is 0 Å². The summed E-state index contributed by atoms with van der Waals surface area (Å²) in [6.45, 7) is 0.351. The second kappa shape index (κ2) is 7.68. The van der Waals surface area contributed by atoms with E-state index in [0.717, 1.165) is 37.8 Å². The summed E-state index contributed by atoms with van der Waals surface area (Å²) < 4.78 is 38.4. The highest BCUT2D eigenvalue weighted by atomic mass is 19.4. The number of amides is 2. The van der Waals surface area contributed by atoms with Gasteiger partial charge in [0.2, 0.25) is 11.8 Å². The van der Waals surface area contributed by atoms with Crippen LogP contribution in [0, 0.1) is 5.92 Å². The van der Waals surface area contributed by atoms with Gasteiger partial charge in [0.05, 0.1) is 11.5 Å². The molecule has 1 heterocycles. The van der Waals surface area contributed by atoms with Crippen molar-refractivity contribution in [3.63, 3.8) is 0 Å². The van der Waals surface area contributed by atoms with Crippen LogP contribution in [0.5, 0.6) is 0 Å². The maximum absolute atomic E-state index is 12.8. The zero-order valence-corrected chi connectivity index (χ0v) is 14.5. The van der Waals surface area contributed by atoms with Gasteiger partial charge in [-0.15, -0.1) is 0 Å². The summed E-state index contributed by atoms with van der Waals surface area (Å²) in [4.78, 5) is 26.1. The predicted octanol–water partition coefficient (Wildman–Crippen LogP) is 3.50. The van der Waals surface area contributed by atoms with Gasteiger partial charge in [-0.2, -0.15) is 13.2 Å². The van der Waals surface area contributed by atoms with Crippen molar-refractivity contribution in [2.45, 2.75) is 57.3 Å². The molecule has 1 saturated heterocycles. The number of rotatable bonds is 4. The topological polar surface area (TPSA) is 49.4 Å². The lowest BCUT2D eigenvalue weighted by Crippen LogP contribution is -2.40. The van der Waals surface area contributed by atoms with Crippen LogP contribution in [0.15, 0.2) is 24.3 Å². The number of nitrogens with one attached hydrogen (secondary N) is 1. The van der Waals surface area contributed by atoms with Gasteiger partial charge in [-0.1, -0.05) is 31.4 Å². The first-order chi connectivity index (χ1) is 12.3. The molecule has 1 aliphatic carbocycles. The smallest absolute Gasteiger partial charge is 0.353 e. The first-order valence-corrected chi connectivity index (χ1v) is 9.07. The Hall–Kier alpha value is -2.05. The molecule has 26 heavy (non-hydrogen) atoms. The van der Waals surface area contributed by atoms with E-state index in [4.69, 9.17) is 0 Å². The van der Waals surface area contributed by atoms with E-state index in [1.807, 2.05) is 0 Å². The Morgan fingerprint density at radius 1 is 1.19 bits per heavy atom. The average Bonchev–Trinajstić information content (AvgIpc) is 2.96. The number of carbonyl (C=O) groups excluding carboxylic acids is 2. The average molecular weight is 368 g/mol. The molecule has 0 radical (unpaired) electrons. The number of nitrogens with zero attached hydrogens (tertiary/aromatic N) is 1. The van der Waals surface area contributed by atoms with Gasteiger partial charge in [0, 0.05) is 25.6 Å². The van der Waals surface area contributed by atoms with E-state index in [1.54, 1.807) is 6.07 Å². The van der Waals surface area contributed by atoms with Crippen molar-refractivity contribution in [2.24, 2.45) is 5.92 Å². The van der Waals surface area contributed by atoms with Crippen molar-refractivity contribution >= 4 is 11.8 Å². The molecule has 2 aliphatic rings. The molecule has 0 spiro atoms. The third kappa shape index (κ3) is 4.56. The molecule has 2 amide bonds. The Morgan fingerprint density at radius 2 is 1.92 bits per heavy atom. The van der Waals surface area contributed by atoms with Crippen LogP contribution in [0.4, 0.5) is 13.2 Å². The van der Waals surface area contributed by atoms with Crippen LogP contribution in [0.3, 0.4) is 0 Å². The van der Waals surface area contributed by atoms with Gasteiger partial charge in [0.25, 0.3) is 0 Å². The zero-order valence-electron chi connectivity index (χ0n) is 14.5. The van der Waals surface area contributed by atoms with Crippen molar-refractivity contribution in [3.05, 3.63) is 35.4 Å². The van der Waals surface area contributed by atoms with Crippen molar-refractivity contribution < 1.29 is 22.8 Å². The van der Waals surface area contributed by atoms with Gasteiger partial charge >= 0.3 is 6.18 Å². The molecule has 2 fully saturated rings. The van der Waals surface area contributed by atoms with E-state index in [1.165, 1.54) is 17.4 Å². The molecule has 1 saturated carbocycles. The summed E-state index contributed by atoms with van der Waals surface area (Å²) in [5.74, 6) is -0.724. The summed E-state index contributed by atoms with van der Waals surface area (Å²) >= 11 is 0. The number of carbonyl (C=O) groups is 2. The highest BCUT2D eigenvalue weighted by molar-refractivity contribution is 5.89. The van der Waals surface area contributed by atoms with Gasteiger partial charge in [-0.3, -0.25) is 9.59 Å². The SMILES string of the molecule is O=C(NC1CCCCC1)C1CC(=O)N(Cc2cccc(C(F)(F)F)c2)C1. The van der Waals surface area contributed by atoms with Gasteiger partial charge in [0.15, 0.2) is 0 Å². The van der Waals surface area contributed by atoms with E-state index in [0.29, 0.717) is 5.56 Å². The maximum Gasteiger partial charge on any atom is 0.416 e. The number of benzene rings is 1. The van der Waals surface area contributed by atoms with Gasteiger partial charge in [-0.25, -0.2) is 0 Å². The zero-order chi connectivity index (χ0) is 18.7. The molecule has 1 aliphatic heterocycles. The maximum atomic E-state index is 12.8. The fourth-order valence-corrected chi connectivity index (χ4v) is 3.73. The van der Waals surface area contributed by atoms with Crippen LogP contribution in [0.2, 0.25) is 0 Å². The minimum Gasteiger partial charge on any atom is -0.353 e. The van der Waals surface area contributed by atoms with E-state index < -0.39 is 17.7 Å². The van der Waals surface area contributed by atoms with Crippen LogP contribution in [0.1, 0.15) is 49.7 Å². The fraction of sp³-hybridized carbons (Fsp3) is 0.579. The normalized spacial score (nSPS) is 21.9. The first-order valence-electron chi connectivity index (χ1n) is 9.07. The standard InChI is InChI=1S/C19H23F3N2O2/c20-19(21,22)15-6-4-5-13(9-15)11-24-12-14(10-17(24)25)18(26)23-16-7-2-1-3-8-16/h4-6,9,14,16H,1-3,7-8,10-12H2,(H,23,26). The first kappa shape index (κ1) is 18.7. The molecule has 0 aromatic heterocycles. The molecule has 1 unspecified atom stereocenters. The molecule has 4 nitrogen and oxygen atoms in total. The highest BCUT2D eigenvalue weighted by Crippen LogP contribution is 2.30. The quantitative estimate of drug-likeness (QED) is 0.884. The number of alkyl halides is 3. The summed E-state index contributed by atoms with van der Waals surface area (Å²) in [6.07, 6.45) is 1.07. The number of hydrogen-bond acceptors (Lipinski definition) is 2. The predicted molar refractivity (Wildman–Crippen MR) is 90.0 cm³/mol. The van der Waals surface area contributed by atoms with Crippen LogP contribution in [-0.2, 0) is 22.3 Å². The Labute approximate surface area is 150 Å². The molecule has 1 aromatic rings. The van der Waals surface area contributed by atoms with E-state index >= 15 is 0 Å². The highest BCUT2D eigenvalue weighted by Gasteiger charge is 2.35. The molecule has 0 bridgehead atoms. The van der Waals surface area contributed by atoms with E-state index in [9.17, 15) is 22.8 Å². The third-order valence-corrected chi connectivity index (χ3v) is 5.16. The Kier molecular flexibility index (Phi) is 5.53. The molecule has 1 atom stereocenters. The molecule has 1 aromatic carbocycles. The summed E-state index contributed by atoms with van der Waals surface area (Å²) in [6, 6.07) is 5.16. The Morgan fingerprint density at radius 3 is 2.62 bits per heavy atom. The van der Waals surface area contributed by atoms with Crippen molar-refractivity contribution in [1.82, 2.24) is 10.2 Å². The molecular weight excluding hydrogens is 345 g/mol. The van der Waals surface area contributed by atoms with Gasteiger partial charge in [0.1, 0.15) is 0 Å². The van der Waals surface area contributed by atoms with Crippen LogP contribution in [-0.4, -0.2) is 29.3 Å². The monoisotopic (exact) mass is 368 g/mol. The van der Waals surface area contributed by atoms with E-state index in [-0.39, 0.29) is 37.4 Å². The largest absolute Gasteiger partial charge is 0.416 e. The lowest BCUT2D eigenvalue weighted by atomic mass is 9.95. The molecule has 142 valence electrons. The second-order valence-electron chi connectivity index (χ2n) is 7.22. The number of likely N-dealkylation sites (tertiary alicyclic amines) is 1. The van der Waals surface area contributed by atoms with Crippen molar-refractivity contribution in [1.29, 1.82) is 0 Å². The number of hydrogen-bond donors (Lipinski definition) is 1. The summed E-state index contributed by atoms with van der Waals surface area (Å²) in [5, 5.41) is 3.03. The van der Waals surface area contributed by atoms with E-state index in [2.05, 4.69) is 5.32 Å². The van der Waals surface area contributed by atoms with Gasteiger partial charge in [-0.05, 0) is 30.5 Å². The Bertz CT molecular complexity index is 669. The number of halogens is 3.